The van der Waals surface area contributed by atoms with Gasteiger partial charge in [0.05, 0.1) is 22.3 Å². The molecule has 4 aromatic rings. The number of fused-ring (bicyclic) bond motifs is 1. The third-order valence-electron chi connectivity index (χ3n) is 8.16. The van der Waals surface area contributed by atoms with E-state index in [2.05, 4.69) is 16.5 Å². The summed E-state index contributed by atoms with van der Waals surface area (Å²) in [6, 6.07) is 6.21. The first-order valence-corrected chi connectivity index (χ1v) is 15.4. The van der Waals surface area contributed by atoms with E-state index in [-0.39, 0.29) is 34.7 Å². The van der Waals surface area contributed by atoms with Crippen LogP contribution >= 0.6 is 0 Å². The van der Waals surface area contributed by atoms with Gasteiger partial charge < -0.3 is 24.5 Å². The molecule has 1 fully saturated rings. The summed E-state index contributed by atoms with van der Waals surface area (Å²) >= 11 is 0. The van der Waals surface area contributed by atoms with Crippen molar-refractivity contribution in [3.63, 3.8) is 0 Å². The van der Waals surface area contributed by atoms with Gasteiger partial charge in [-0.1, -0.05) is 26.5 Å². The zero-order valence-corrected chi connectivity index (χ0v) is 27.4. The Morgan fingerprint density at radius 2 is 1.91 bits per heavy atom. The Kier molecular flexibility index (Phi) is 9.57. The van der Waals surface area contributed by atoms with Gasteiger partial charge in [-0.05, 0) is 63.7 Å². The number of amides is 1. The lowest BCUT2D eigenvalue weighted by atomic mass is 10.0. The minimum Gasteiger partial charge on any atom is -0.507 e. The van der Waals surface area contributed by atoms with Gasteiger partial charge in [0.25, 0.3) is 0 Å². The third kappa shape index (κ3) is 6.53. The molecule has 13 heteroatoms. The average Bonchev–Trinajstić information content (AvgIpc) is 3.01. The molecule has 1 saturated heterocycles. The van der Waals surface area contributed by atoms with Gasteiger partial charge in [0.15, 0.2) is 11.5 Å². The van der Waals surface area contributed by atoms with Crippen LogP contribution in [0.25, 0.3) is 28.0 Å². The van der Waals surface area contributed by atoms with Crippen LogP contribution in [0.15, 0.2) is 47.8 Å². The maximum atomic E-state index is 16.0. The van der Waals surface area contributed by atoms with Crippen molar-refractivity contribution in [1.82, 2.24) is 29.3 Å². The van der Waals surface area contributed by atoms with E-state index >= 15 is 8.78 Å². The number of piperazine rings is 1. The molecule has 1 aromatic carbocycles. The van der Waals surface area contributed by atoms with Crippen LogP contribution < -0.4 is 15.3 Å². The van der Waals surface area contributed by atoms with Crippen molar-refractivity contribution in [3.05, 3.63) is 76.4 Å². The molecule has 248 valence electrons. The second-order valence-corrected chi connectivity index (χ2v) is 12.2. The lowest BCUT2D eigenvalue weighted by Gasteiger charge is -2.40. The summed E-state index contributed by atoms with van der Waals surface area (Å²) in [5, 5.41) is 10.8. The molecule has 1 aliphatic heterocycles. The standard InChI is InChI=1S/C34H39F2N7O4/c1-8-27(45)41-12-13-42(21(5)18-41)32-22-17-24(36)30(28-23(35)10-9-11-25(28)44)38-33(22)43(34(46)39-32)31-20(4)16-26(37-29(31)19(2)3)47-15-14-40(6)7/h8-11,16-17,19,21,44H,1,12-15,18H2,2-7H3/t21-/m0/s1. The monoisotopic (exact) mass is 647 g/mol. The number of carbonyl (C=O) groups is 1. The van der Waals surface area contributed by atoms with Gasteiger partial charge in [-0.3, -0.25) is 4.79 Å². The van der Waals surface area contributed by atoms with Crippen molar-refractivity contribution in [1.29, 1.82) is 0 Å². The van der Waals surface area contributed by atoms with Crippen molar-refractivity contribution >= 4 is 22.8 Å². The second-order valence-electron chi connectivity index (χ2n) is 12.2. The number of anilines is 1. The molecule has 0 unspecified atom stereocenters. The molecule has 0 bridgehead atoms. The van der Waals surface area contributed by atoms with Crippen molar-refractivity contribution in [2.75, 3.05) is 51.8 Å². The fraction of sp³-hybridized carbons (Fsp3) is 0.382. The smallest absolute Gasteiger partial charge is 0.355 e. The van der Waals surface area contributed by atoms with E-state index in [1.54, 1.807) is 17.9 Å². The molecule has 0 saturated carbocycles. The Morgan fingerprint density at radius 3 is 2.55 bits per heavy atom. The molecule has 1 aliphatic rings. The predicted molar refractivity (Wildman–Crippen MR) is 176 cm³/mol. The van der Waals surface area contributed by atoms with Crippen LogP contribution in [0.2, 0.25) is 0 Å². The van der Waals surface area contributed by atoms with Crippen LogP contribution in [0.4, 0.5) is 14.6 Å². The van der Waals surface area contributed by atoms with Crippen LogP contribution in [-0.2, 0) is 4.79 Å². The van der Waals surface area contributed by atoms with E-state index in [0.717, 1.165) is 12.1 Å². The Bertz CT molecular complexity index is 1890. The van der Waals surface area contributed by atoms with Crippen LogP contribution in [0.1, 0.15) is 37.9 Å². The first-order chi connectivity index (χ1) is 22.3. The number of pyridine rings is 2. The van der Waals surface area contributed by atoms with Crippen LogP contribution in [-0.4, -0.2) is 93.3 Å². The van der Waals surface area contributed by atoms with Crippen LogP contribution in [0.5, 0.6) is 11.6 Å². The molecule has 11 nitrogen and oxygen atoms in total. The van der Waals surface area contributed by atoms with Crippen molar-refractivity contribution < 1.29 is 23.4 Å². The molecule has 1 atom stereocenters. The maximum Gasteiger partial charge on any atom is 0.355 e. The van der Waals surface area contributed by atoms with Crippen molar-refractivity contribution in [2.45, 2.75) is 39.7 Å². The second kappa shape index (κ2) is 13.4. The van der Waals surface area contributed by atoms with E-state index in [1.165, 1.54) is 22.8 Å². The number of carbonyl (C=O) groups excluding carboxylic acids is 1. The molecule has 47 heavy (non-hydrogen) atoms. The number of benzene rings is 1. The number of aryl methyl sites for hydroxylation is 1. The number of rotatable bonds is 9. The largest absolute Gasteiger partial charge is 0.507 e. The SMILES string of the molecule is C=CC(=O)N1CCN(c2nc(=O)n(-c3c(C)cc(OCCN(C)C)nc3C(C)C)c3nc(-c4c(O)cccc4F)c(F)cc23)[C@@H](C)C1. The number of likely N-dealkylation sites (N-methyl/N-ethyl adjacent to an activating group) is 1. The fourth-order valence-electron chi connectivity index (χ4n) is 5.81. The number of hydrogen-bond acceptors (Lipinski definition) is 9. The minimum atomic E-state index is -0.914. The molecular formula is C34H39F2N7O4. The summed E-state index contributed by atoms with van der Waals surface area (Å²) in [5.41, 5.74) is -0.0525. The first kappa shape index (κ1) is 33.5. The number of aromatic nitrogens is 4. The van der Waals surface area contributed by atoms with Gasteiger partial charge in [0.2, 0.25) is 11.8 Å². The number of nitrogens with zero attached hydrogens (tertiary/aromatic N) is 7. The quantitative estimate of drug-likeness (QED) is 0.264. The molecule has 5 rings (SSSR count). The maximum absolute atomic E-state index is 16.0. The van der Waals surface area contributed by atoms with E-state index in [0.29, 0.717) is 55.6 Å². The Labute approximate surface area is 271 Å². The highest BCUT2D eigenvalue weighted by Gasteiger charge is 2.31. The lowest BCUT2D eigenvalue weighted by molar-refractivity contribution is -0.126. The number of aromatic hydroxyl groups is 1. The molecular weight excluding hydrogens is 608 g/mol. The molecule has 0 spiro atoms. The number of ether oxygens (including phenoxy) is 1. The van der Waals surface area contributed by atoms with Gasteiger partial charge >= 0.3 is 5.69 Å². The van der Waals surface area contributed by atoms with Crippen LogP contribution in [0.3, 0.4) is 0 Å². The normalized spacial score (nSPS) is 15.1. The Hall–Kier alpha value is -4.91. The van der Waals surface area contributed by atoms with Gasteiger partial charge in [0.1, 0.15) is 29.7 Å². The van der Waals surface area contributed by atoms with Gasteiger partial charge in [-0.15, -0.1) is 0 Å². The van der Waals surface area contributed by atoms with Gasteiger partial charge in [0, 0.05) is 38.3 Å². The lowest BCUT2D eigenvalue weighted by Crippen LogP contribution is -2.54. The highest BCUT2D eigenvalue weighted by atomic mass is 19.1. The van der Waals surface area contributed by atoms with Crippen molar-refractivity contribution in [2.24, 2.45) is 0 Å². The zero-order chi connectivity index (χ0) is 34.2. The third-order valence-corrected chi connectivity index (χ3v) is 8.16. The number of hydrogen-bond donors (Lipinski definition) is 1. The van der Waals surface area contributed by atoms with Gasteiger partial charge in [-0.2, -0.15) is 4.98 Å². The number of halogens is 2. The van der Waals surface area contributed by atoms with Gasteiger partial charge in [-0.25, -0.2) is 28.1 Å². The zero-order valence-electron chi connectivity index (χ0n) is 27.4. The molecule has 1 N–H and O–H groups in total. The van der Waals surface area contributed by atoms with E-state index < -0.39 is 34.3 Å². The average molecular weight is 648 g/mol. The summed E-state index contributed by atoms with van der Waals surface area (Å²) < 4.78 is 38.3. The van der Waals surface area contributed by atoms with E-state index in [1.807, 2.05) is 44.7 Å². The van der Waals surface area contributed by atoms with Crippen LogP contribution in [0, 0.1) is 18.6 Å². The van der Waals surface area contributed by atoms with E-state index in [9.17, 15) is 14.7 Å². The summed E-state index contributed by atoms with van der Waals surface area (Å²) in [6.07, 6.45) is 1.25. The summed E-state index contributed by atoms with van der Waals surface area (Å²) in [5.74, 6) is -2.14. The highest BCUT2D eigenvalue weighted by molar-refractivity contribution is 5.91. The Balaban J connectivity index is 1.78. The fourth-order valence-corrected chi connectivity index (χ4v) is 5.81. The number of phenols is 1. The molecule has 0 aliphatic carbocycles. The topological polar surface area (TPSA) is 117 Å². The summed E-state index contributed by atoms with van der Waals surface area (Å²) in [4.78, 5) is 45.7. The molecule has 4 heterocycles. The number of phenolic OH excluding ortho intramolecular Hbond substituents is 1. The predicted octanol–water partition coefficient (Wildman–Crippen LogP) is 4.42. The first-order valence-electron chi connectivity index (χ1n) is 15.4. The molecule has 0 radical (unpaired) electrons. The highest BCUT2D eigenvalue weighted by Crippen LogP contribution is 2.37. The summed E-state index contributed by atoms with van der Waals surface area (Å²) in [7, 11) is 3.87. The van der Waals surface area contributed by atoms with Crippen molar-refractivity contribution in [3.8, 4) is 28.6 Å². The van der Waals surface area contributed by atoms with E-state index in [4.69, 9.17) is 9.72 Å². The minimum absolute atomic E-state index is 0.00364. The molecule has 3 aromatic heterocycles. The summed E-state index contributed by atoms with van der Waals surface area (Å²) in [6.45, 7) is 13.1. The molecule has 1 amide bonds. The Morgan fingerprint density at radius 1 is 1.17 bits per heavy atom.